The fourth-order valence-corrected chi connectivity index (χ4v) is 4.53. The summed E-state index contributed by atoms with van der Waals surface area (Å²) >= 11 is 2.17. The van der Waals surface area contributed by atoms with Gasteiger partial charge in [0.05, 0.1) is 0 Å². The van der Waals surface area contributed by atoms with Crippen LogP contribution >= 0.6 is 11.8 Å². The van der Waals surface area contributed by atoms with Crippen molar-refractivity contribution in [2.24, 2.45) is 11.8 Å². The summed E-state index contributed by atoms with van der Waals surface area (Å²) in [4.78, 5) is 0. The minimum absolute atomic E-state index is 0.535. The van der Waals surface area contributed by atoms with Crippen LogP contribution in [0.3, 0.4) is 0 Å². The van der Waals surface area contributed by atoms with E-state index in [9.17, 15) is 0 Å². The molecule has 3 aliphatic rings. The zero-order chi connectivity index (χ0) is 10.3. The Bertz CT molecular complexity index is 268. The maximum Gasteiger partial charge on any atom is 0.0256 e. The Morgan fingerprint density at radius 3 is 3.20 bits per heavy atom. The molecule has 1 aliphatic heterocycles. The van der Waals surface area contributed by atoms with Crippen LogP contribution in [-0.2, 0) is 0 Å². The molecule has 2 heteroatoms. The summed E-state index contributed by atoms with van der Waals surface area (Å²) in [6.07, 6.45) is 10.4. The van der Waals surface area contributed by atoms with Gasteiger partial charge in [0.1, 0.15) is 0 Å². The molecule has 0 radical (unpaired) electrons. The Morgan fingerprint density at radius 2 is 2.47 bits per heavy atom. The number of rotatable bonds is 3. The van der Waals surface area contributed by atoms with Crippen molar-refractivity contribution in [2.45, 2.75) is 43.4 Å². The van der Waals surface area contributed by atoms with Crippen LogP contribution in [0.5, 0.6) is 0 Å². The van der Waals surface area contributed by atoms with Gasteiger partial charge < -0.3 is 5.32 Å². The second-order valence-corrected chi connectivity index (χ2v) is 7.31. The van der Waals surface area contributed by atoms with E-state index in [-0.39, 0.29) is 0 Å². The summed E-state index contributed by atoms with van der Waals surface area (Å²) in [5, 5.41) is 3.80. The molecular weight excluding hydrogens is 202 g/mol. The minimum Gasteiger partial charge on any atom is -0.312 e. The van der Waals surface area contributed by atoms with Crippen LogP contribution in [0, 0.1) is 11.8 Å². The van der Waals surface area contributed by atoms with Crippen LogP contribution in [0.1, 0.15) is 32.6 Å². The summed E-state index contributed by atoms with van der Waals surface area (Å²) in [7, 11) is 0. The van der Waals surface area contributed by atoms with Crippen molar-refractivity contribution in [3.8, 4) is 0 Å². The van der Waals surface area contributed by atoms with E-state index < -0.39 is 0 Å². The highest BCUT2D eigenvalue weighted by molar-refractivity contribution is 8.00. The topological polar surface area (TPSA) is 12.0 Å². The molecule has 1 nitrogen and oxygen atoms in total. The van der Waals surface area contributed by atoms with Crippen LogP contribution in [0.2, 0.25) is 0 Å². The first kappa shape index (κ1) is 10.2. The number of fused-ring (bicyclic) bond motifs is 1. The van der Waals surface area contributed by atoms with Gasteiger partial charge in [-0.05, 0) is 50.2 Å². The Morgan fingerprint density at radius 1 is 1.53 bits per heavy atom. The Hall–Kier alpha value is 0.0500. The molecule has 1 saturated carbocycles. The molecule has 3 rings (SSSR count). The third-order valence-corrected chi connectivity index (χ3v) is 5.94. The number of hydrogen-bond acceptors (Lipinski definition) is 2. The Labute approximate surface area is 97.1 Å². The van der Waals surface area contributed by atoms with Gasteiger partial charge in [-0.3, -0.25) is 0 Å². The lowest BCUT2D eigenvalue weighted by atomic mass is 9.71. The van der Waals surface area contributed by atoms with Crippen LogP contribution < -0.4 is 5.32 Å². The van der Waals surface area contributed by atoms with Crippen molar-refractivity contribution in [1.82, 2.24) is 5.32 Å². The van der Waals surface area contributed by atoms with E-state index in [4.69, 9.17) is 0 Å². The first-order chi connectivity index (χ1) is 7.27. The van der Waals surface area contributed by atoms with E-state index in [1.165, 1.54) is 38.0 Å². The van der Waals surface area contributed by atoms with Crippen molar-refractivity contribution in [1.29, 1.82) is 0 Å². The summed E-state index contributed by atoms with van der Waals surface area (Å²) in [5.41, 5.74) is 0. The van der Waals surface area contributed by atoms with E-state index in [2.05, 4.69) is 36.2 Å². The van der Waals surface area contributed by atoms with Gasteiger partial charge in [0, 0.05) is 17.3 Å². The van der Waals surface area contributed by atoms with E-state index in [1.54, 1.807) is 0 Å². The fourth-order valence-electron chi connectivity index (χ4n) is 3.27. The van der Waals surface area contributed by atoms with Gasteiger partial charge in [0.15, 0.2) is 0 Å². The van der Waals surface area contributed by atoms with Crippen LogP contribution in [-0.4, -0.2) is 23.1 Å². The highest BCUT2D eigenvalue weighted by atomic mass is 32.2. The first-order valence-electron chi connectivity index (χ1n) is 6.31. The highest BCUT2D eigenvalue weighted by Crippen LogP contribution is 2.43. The van der Waals surface area contributed by atoms with Gasteiger partial charge in [-0.15, -0.1) is 0 Å². The van der Waals surface area contributed by atoms with Gasteiger partial charge >= 0.3 is 0 Å². The maximum atomic E-state index is 3.80. The monoisotopic (exact) mass is 223 g/mol. The summed E-state index contributed by atoms with van der Waals surface area (Å²) in [6.45, 7) is 3.65. The zero-order valence-corrected chi connectivity index (χ0v) is 10.4. The smallest absolute Gasteiger partial charge is 0.0256 e. The van der Waals surface area contributed by atoms with E-state index in [0.29, 0.717) is 4.75 Å². The van der Waals surface area contributed by atoms with Gasteiger partial charge in [0.25, 0.3) is 0 Å². The second kappa shape index (κ2) is 3.81. The van der Waals surface area contributed by atoms with Crippen LogP contribution in [0.4, 0.5) is 0 Å². The first-order valence-corrected chi connectivity index (χ1v) is 7.29. The number of hydrogen-bond donors (Lipinski definition) is 1. The third-order valence-electron chi connectivity index (χ3n) is 4.40. The molecule has 2 fully saturated rings. The molecule has 0 aromatic carbocycles. The normalized spacial score (nSPS) is 47.9. The van der Waals surface area contributed by atoms with Crippen molar-refractivity contribution < 1.29 is 0 Å². The number of nitrogens with one attached hydrogen (secondary N) is 1. The van der Waals surface area contributed by atoms with Crippen LogP contribution in [0.25, 0.3) is 0 Å². The molecule has 1 saturated heterocycles. The SMILES string of the molecule is CC1(CNC2CC3CC=CC32)CCCS1. The van der Waals surface area contributed by atoms with Gasteiger partial charge in [-0.1, -0.05) is 12.2 Å². The Balaban J connectivity index is 1.48. The molecule has 0 spiro atoms. The molecule has 84 valence electrons. The molecule has 4 atom stereocenters. The zero-order valence-electron chi connectivity index (χ0n) is 9.54. The van der Waals surface area contributed by atoms with Gasteiger partial charge in [-0.25, -0.2) is 0 Å². The number of thioether (sulfide) groups is 1. The van der Waals surface area contributed by atoms with E-state index in [1.807, 2.05) is 0 Å². The van der Waals surface area contributed by atoms with Crippen molar-refractivity contribution in [2.75, 3.05) is 12.3 Å². The molecule has 15 heavy (non-hydrogen) atoms. The molecule has 0 bridgehead atoms. The third kappa shape index (κ3) is 1.87. The molecule has 0 amide bonds. The average Bonchev–Trinajstić information content (AvgIpc) is 2.75. The molecule has 1 heterocycles. The lowest BCUT2D eigenvalue weighted by Gasteiger charge is -2.42. The minimum atomic E-state index is 0.535. The summed E-state index contributed by atoms with van der Waals surface area (Å²) in [5.74, 6) is 3.24. The predicted molar refractivity (Wildman–Crippen MR) is 67.2 cm³/mol. The van der Waals surface area contributed by atoms with E-state index >= 15 is 0 Å². The predicted octanol–water partition coefficient (Wildman–Crippen LogP) is 2.83. The van der Waals surface area contributed by atoms with Crippen molar-refractivity contribution in [3.63, 3.8) is 0 Å². The quantitative estimate of drug-likeness (QED) is 0.738. The average molecular weight is 223 g/mol. The van der Waals surface area contributed by atoms with Crippen LogP contribution in [0.15, 0.2) is 12.2 Å². The van der Waals surface area contributed by atoms with E-state index in [0.717, 1.165) is 17.9 Å². The van der Waals surface area contributed by atoms with Gasteiger partial charge in [-0.2, -0.15) is 11.8 Å². The molecule has 4 unspecified atom stereocenters. The van der Waals surface area contributed by atoms with Crippen molar-refractivity contribution in [3.05, 3.63) is 12.2 Å². The fraction of sp³-hybridized carbons (Fsp3) is 0.846. The Kier molecular flexibility index (Phi) is 2.60. The second-order valence-electron chi connectivity index (χ2n) is 5.63. The lowest BCUT2D eigenvalue weighted by molar-refractivity contribution is 0.160. The standard InChI is InChI=1S/C13H21NS/c1-13(6-3-7-15-13)9-14-12-8-10-4-2-5-11(10)12/h2,5,10-12,14H,3-4,6-9H2,1H3. The molecule has 0 aromatic heterocycles. The lowest BCUT2D eigenvalue weighted by Crippen LogP contribution is -2.51. The molecule has 0 aromatic rings. The molecular formula is C13H21NS. The number of allylic oxidation sites excluding steroid dienone is 1. The van der Waals surface area contributed by atoms with Crippen molar-refractivity contribution >= 4 is 11.8 Å². The molecule has 1 N–H and O–H groups in total. The summed E-state index contributed by atoms with van der Waals surface area (Å²) in [6, 6.07) is 0.798. The maximum absolute atomic E-state index is 3.80. The molecule has 2 aliphatic carbocycles. The highest BCUT2D eigenvalue weighted by Gasteiger charge is 2.41. The van der Waals surface area contributed by atoms with Gasteiger partial charge in [0.2, 0.25) is 0 Å². The largest absolute Gasteiger partial charge is 0.312 e. The summed E-state index contributed by atoms with van der Waals surface area (Å²) < 4.78 is 0.535.